The van der Waals surface area contributed by atoms with Gasteiger partial charge in [-0.2, -0.15) is 5.26 Å². The molecule has 0 radical (unpaired) electrons. The molecule has 1 aromatic carbocycles. The number of hydrogen-bond acceptors (Lipinski definition) is 5. The third kappa shape index (κ3) is 2.95. The molecule has 29 heavy (non-hydrogen) atoms. The number of rotatable bonds is 3. The minimum absolute atomic E-state index is 0.0730. The van der Waals surface area contributed by atoms with Gasteiger partial charge in [0, 0.05) is 22.9 Å². The van der Waals surface area contributed by atoms with Gasteiger partial charge in [-0.25, -0.2) is 9.97 Å². The lowest BCUT2D eigenvalue weighted by Crippen LogP contribution is -2.74. The molecule has 0 atom stereocenters. The summed E-state index contributed by atoms with van der Waals surface area (Å²) < 4.78 is 6.30. The molecule has 0 spiro atoms. The number of benzene rings is 1. The van der Waals surface area contributed by atoms with Crippen LogP contribution in [-0.2, 0) is 6.54 Å². The van der Waals surface area contributed by atoms with Gasteiger partial charge in [-0.1, -0.05) is 50.9 Å². The van der Waals surface area contributed by atoms with Gasteiger partial charge >= 0.3 is 0 Å². The van der Waals surface area contributed by atoms with Crippen LogP contribution in [0.1, 0.15) is 49.4 Å². The van der Waals surface area contributed by atoms with E-state index in [9.17, 15) is 4.79 Å². The van der Waals surface area contributed by atoms with Crippen LogP contribution in [-0.4, -0.2) is 32.9 Å². The predicted octanol–water partition coefficient (Wildman–Crippen LogP) is 4.49. The summed E-state index contributed by atoms with van der Waals surface area (Å²) in [5.74, 6) is 0.472. The third-order valence-electron chi connectivity index (χ3n) is 5.99. The number of fused-ring (bicyclic) bond motifs is 1. The first-order valence-corrected chi connectivity index (χ1v) is 10.0. The zero-order valence-corrected chi connectivity index (χ0v) is 18.0. The van der Waals surface area contributed by atoms with Crippen molar-refractivity contribution >= 4 is 29.1 Å². The standard InChI is InChI=1S/C21H20Cl2N4O2/c1-20(2)18(27-10-14-16(17(27)28)25-9-15(23)26-14)21(3,4)19(20)29-12-6-5-11(8-24)13(22)7-12/h5-7,9,18-19H,10H2,1-4H3. The van der Waals surface area contributed by atoms with Crippen molar-refractivity contribution < 1.29 is 9.53 Å². The molecular formula is C21H20Cl2N4O2. The Kier molecular flexibility index (Phi) is 4.52. The Morgan fingerprint density at radius 3 is 2.55 bits per heavy atom. The Labute approximate surface area is 179 Å². The summed E-state index contributed by atoms with van der Waals surface area (Å²) in [6, 6.07) is 7.03. The summed E-state index contributed by atoms with van der Waals surface area (Å²) in [4.78, 5) is 23.3. The van der Waals surface area contributed by atoms with Crippen molar-refractivity contribution in [2.75, 3.05) is 0 Å². The minimum Gasteiger partial charge on any atom is -0.489 e. The lowest BCUT2D eigenvalue weighted by Gasteiger charge is -2.65. The Balaban J connectivity index is 1.60. The second-order valence-corrected chi connectivity index (χ2v) is 9.51. The molecular weight excluding hydrogens is 411 g/mol. The molecule has 1 fully saturated rings. The SMILES string of the molecule is CC1(C)C(Oc2ccc(C#N)c(Cl)c2)C(C)(C)C1N1Cc2nc(Cl)cnc2C1=O. The molecule has 2 aromatic rings. The van der Waals surface area contributed by atoms with Crippen LogP contribution < -0.4 is 4.74 Å². The van der Waals surface area contributed by atoms with Gasteiger partial charge in [0.15, 0.2) is 5.69 Å². The van der Waals surface area contributed by atoms with E-state index in [1.54, 1.807) is 18.2 Å². The largest absolute Gasteiger partial charge is 0.489 e. The predicted molar refractivity (Wildman–Crippen MR) is 109 cm³/mol. The van der Waals surface area contributed by atoms with Gasteiger partial charge in [0.25, 0.3) is 5.91 Å². The summed E-state index contributed by atoms with van der Waals surface area (Å²) in [7, 11) is 0. The normalized spacial score (nSPS) is 23.9. The van der Waals surface area contributed by atoms with E-state index in [0.29, 0.717) is 34.3 Å². The van der Waals surface area contributed by atoms with Crippen molar-refractivity contribution in [2.45, 2.75) is 46.4 Å². The fraction of sp³-hybridized carbons (Fsp3) is 0.429. The van der Waals surface area contributed by atoms with Crippen molar-refractivity contribution in [3.05, 3.63) is 51.5 Å². The van der Waals surface area contributed by atoms with E-state index < -0.39 is 0 Å². The Bertz CT molecular complexity index is 1050. The van der Waals surface area contributed by atoms with Crippen LogP contribution in [0.15, 0.2) is 24.4 Å². The number of halogens is 2. The second kappa shape index (κ2) is 6.58. The summed E-state index contributed by atoms with van der Waals surface area (Å²) >= 11 is 12.1. The van der Waals surface area contributed by atoms with E-state index in [-0.39, 0.29) is 34.0 Å². The van der Waals surface area contributed by atoms with E-state index in [1.165, 1.54) is 6.20 Å². The highest BCUT2D eigenvalue weighted by Crippen LogP contribution is 2.58. The highest BCUT2D eigenvalue weighted by atomic mass is 35.5. The van der Waals surface area contributed by atoms with Gasteiger partial charge in [0.05, 0.1) is 29.0 Å². The summed E-state index contributed by atoms with van der Waals surface area (Å²) in [5.41, 5.74) is 0.723. The van der Waals surface area contributed by atoms with Gasteiger partial charge < -0.3 is 9.64 Å². The van der Waals surface area contributed by atoms with Crippen LogP contribution in [0, 0.1) is 22.2 Å². The quantitative estimate of drug-likeness (QED) is 0.716. The summed E-state index contributed by atoms with van der Waals surface area (Å²) in [6.07, 6.45) is 1.24. The molecule has 0 bridgehead atoms. The molecule has 1 amide bonds. The van der Waals surface area contributed by atoms with Crippen LogP contribution >= 0.6 is 23.2 Å². The molecule has 4 rings (SSSR count). The number of carbonyl (C=O) groups is 1. The maximum atomic E-state index is 13.0. The summed E-state index contributed by atoms with van der Waals surface area (Å²) in [6.45, 7) is 8.73. The zero-order valence-electron chi connectivity index (χ0n) is 16.5. The van der Waals surface area contributed by atoms with E-state index >= 15 is 0 Å². The van der Waals surface area contributed by atoms with Crippen molar-refractivity contribution in [1.29, 1.82) is 5.26 Å². The van der Waals surface area contributed by atoms with Gasteiger partial charge in [-0.15, -0.1) is 0 Å². The lowest BCUT2D eigenvalue weighted by molar-refractivity contribution is -0.199. The molecule has 0 unspecified atom stereocenters. The zero-order chi connectivity index (χ0) is 21.1. The van der Waals surface area contributed by atoms with Gasteiger partial charge in [0.2, 0.25) is 0 Å². The van der Waals surface area contributed by atoms with Gasteiger partial charge in [0.1, 0.15) is 23.1 Å². The molecule has 2 aliphatic rings. The van der Waals surface area contributed by atoms with Crippen LogP contribution in [0.4, 0.5) is 0 Å². The Morgan fingerprint density at radius 2 is 1.93 bits per heavy atom. The first-order valence-electron chi connectivity index (χ1n) is 9.26. The molecule has 2 heterocycles. The van der Waals surface area contributed by atoms with Gasteiger partial charge in [-0.3, -0.25) is 4.79 Å². The molecule has 1 saturated carbocycles. The van der Waals surface area contributed by atoms with Crippen LogP contribution in [0.2, 0.25) is 10.2 Å². The first-order chi connectivity index (χ1) is 13.6. The van der Waals surface area contributed by atoms with Crippen molar-refractivity contribution in [2.24, 2.45) is 10.8 Å². The molecule has 0 saturated heterocycles. The van der Waals surface area contributed by atoms with Crippen molar-refractivity contribution in [3.63, 3.8) is 0 Å². The highest BCUT2D eigenvalue weighted by Gasteiger charge is 2.67. The number of hydrogen-bond donors (Lipinski definition) is 0. The average Bonchev–Trinajstić information content (AvgIpc) is 2.94. The maximum absolute atomic E-state index is 13.0. The lowest BCUT2D eigenvalue weighted by atomic mass is 9.49. The number of aromatic nitrogens is 2. The molecule has 6 nitrogen and oxygen atoms in total. The number of nitriles is 1. The van der Waals surface area contributed by atoms with E-state index in [0.717, 1.165) is 0 Å². The van der Waals surface area contributed by atoms with E-state index in [2.05, 4.69) is 37.7 Å². The number of nitrogens with zero attached hydrogens (tertiary/aromatic N) is 4. The van der Waals surface area contributed by atoms with Crippen molar-refractivity contribution in [1.82, 2.24) is 14.9 Å². The minimum atomic E-state index is -0.328. The average molecular weight is 431 g/mol. The van der Waals surface area contributed by atoms with E-state index in [1.807, 2.05) is 11.0 Å². The molecule has 1 aliphatic carbocycles. The Morgan fingerprint density at radius 1 is 1.24 bits per heavy atom. The second-order valence-electron chi connectivity index (χ2n) is 8.72. The maximum Gasteiger partial charge on any atom is 0.275 e. The topological polar surface area (TPSA) is 79.1 Å². The highest BCUT2D eigenvalue weighted by molar-refractivity contribution is 6.31. The third-order valence-corrected chi connectivity index (χ3v) is 6.48. The number of ether oxygens (including phenoxy) is 1. The molecule has 1 aliphatic heterocycles. The monoisotopic (exact) mass is 430 g/mol. The fourth-order valence-corrected chi connectivity index (χ4v) is 5.64. The van der Waals surface area contributed by atoms with Crippen molar-refractivity contribution in [3.8, 4) is 11.8 Å². The molecule has 150 valence electrons. The number of carbonyl (C=O) groups excluding carboxylic acids is 1. The number of amides is 1. The first kappa shape index (κ1) is 19.9. The van der Waals surface area contributed by atoms with Crippen LogP contribution in [0.5, 0.6) is 5.75 Å². The van der Waals surface area contributed by atoms with Crippen LogP contribution in [0.25, 0.3) is 0 Å². The molecule has 1 aromatic heterocycles. The van der Waals surface area contributed by atoms with Crippen LogP contribution in [0.3, 0.4) is 0 Å². The molecule has 8 heteroatoms. The van der Waals surface area contributed by atoms with Gasteiger partial charge in [-0.05, 0) is 12.1 Å². The summed E-state index contributed by atoms with van der Waals surface area (Å²) in [5, 5.41) is 9.69. The molecule has 0 N–H and O–H groups in total. The Hall–Kier alpha value is -2.36. The fourth-order valence-electron chi connectivity index (χ4n) is 5.28. The van der Waals surface area contributed by atoms with E-state index in [4.69, 9.17) is 33.2 Å². The smallest absolute Gasteiger partial charge is 0.275 e.